The number of nitrogens with zero attached hydrogens (tertiary/aromatic N) is 1. The van der Waals surface area contributed by atoms with Crippen molar-refractivity contribution in [3.63, 3.8) is 0 Å². The van der Waals surface area contributed by atoms with Gasteiger partial charge in [-0.2, -0.15) is 5.10 Å². The summed E-state index contributed by atoms with van der Waals surface area (Å²) in [6, 6.07) is 16.7. The fraction of sp³-hybridized carbons (Fsp3) is 0. The molecule has 0 aromatic heterocycles. The number of hydrogen-bond acceptors (Lipinski definition) is 5. The molecule has 0 bridgehead atoms. The number of phenols is 1. The van der Waals surface area contributed by atoms with Gasteiger partial charge in [-0.1, -0.05) is 45.7 Å². The van der Waals surface area contributed by atoms with Crippen molar-refractivity contribution in [3.8, 4) is 5.75 Å². The molecule has 0 aliphatic carbocycles. The molecule has 7 nitrogen and oxygen atoms in total. The molecule has 0 unspecified atom stereocenters. The van der Waals surface area contributed by atoms with Crippen LogP contribution in [-0.2, 0) is 10.0 Å². The quantitative estimate of drug-likeness (QED) is 0.339. The summed E-state index contributed by atoms with van der Waals surface area (Å²) in [5.41, 5.74) is 3.01. The molecule has 0 heterocycles. The third-order valence-electron chi connectivity index (χ3n) is 3.88. The number of aromatic hydroxyl groups is 1. The van der Waals surface area contributed by atoms with Crippen LogP contribution in [0.1, 0.15) is 15.9 Å². The summed E-state index contributed by atoms with van der Waals surface area (Å²) >= 11 is 9.28. The lowest BCUT2D eigenvalue weighted by molar-refractivity contribution is 0.0955. The van der Waals surface area contributed by atoms with E-state index in [2.05, 4.69) is 31.2 Å². The number of sulfonamides is 1. The molecule has 154 valence electrons. The van der Waals surface area contributed by atoms with Crippen LogP contribution in [0.15, 0.2) is 81.2 Å². The summed E-state index contributed by atoms with van der Waals surface area (Å²) in [5, 5.41) is 13.8. The number of phenolic OH excluding ortho intramolecular Hbond substituents is 1. The Kier molecular flexibility index (Phi) is 6.76. The van der Waals surface area contributed by atoms with Crippen molar-refractivity contribution in [2.75, 3.05) is 4.72 Å². The van der Waals surface area contributed by atoms with Gasteiger partial charge in [0.25, 0.3) is 15.9 Å². The molecule has 0 atom stereocenters. The van der Waals surface area contributed by atoms with Crippen molar-refractivity contribution >= 4 is 55.4 Å². The number of nitrogens with one attached hydrogen (secondary N) is 2. The Bertz CT molecular complexity index is 1230. The van der Waals surface area contributed by atoms with Crippen LogP contribution in [0.25, 0.3) is 0 Å². The largest absolute Gasteiger partial charge is 0.507 e. The van der Waals surface area contributed by atoms with E-state index in [1.165, 1.54) is 42.6 Å². The Morgan fingerprint density at radius 3 is 2.60 bits per heavy atom. The first-order valence-electron chi connectivity index (χ1n) is 8.45. The standard InChI is InChI=1S/C20H15BrClN3O4S/c21-15-8-9-19(26)14(10-15)12-23-24-20(27)13-4-3-5-16(11-13)30(28,29)25-18-7-2-1-6-17(18)22/h1-12,25-26H,(H,24,27). The number of carbonyl (C=O) groups is 1. The fourth-order valence-electron chi connectivity index (χ4n) is 2.41. The van der Waals surface area contributed by atoms with Gasteiger partial charge in [-0.3, -0.25) is 9.52 Å². The van der Waals surface area contributed by atoms with Gasteiger partial charge >= 0.3 is 0 Å². The molecule has 30 heavy (non-hydrogen) atoms. The fourth-order valence-corrected chi connectivity index (χ4v) is 4.15. The average molecular weight is 509 g/mol. The van der Waals surface area contributed by atoms with E-state index in [1.807, 2.05) is 0 Å². The monoisotopic (exact) mass is 507 g/mol. The van der Waals surface area contributed by atoms with E-state index in [-0.39, 0.29) is 26.9 Å². The first kappa shape index (κ1) is 21.8. The van der Waals surface area contributed by atoms with Crippen molar-refractivity contribution in [2.24, 2.45) is 5.10 Å². The Labute approximate surface area is 186 Å². The van der Waals surface area contributed by atoms with Crippen molar-refractivity contribution in [3.05, 3.63) is 87.4 Å². The maximum Gasteiger partial charge on any atom is 0.271 e. The van der Waals surface area contributed by atoms with E-state index >= 15 is 0 Å². The van der Waals surface area contributed by atoms with Crippen molar-refractivity contribution in [2.45, 2.75) is 4.90 Å². The lowest BCUT2D eigenvalue weighted by atomic mass is 10.2. The van der Waals surface area contributed by atoms with Crippen LogP contribution >= 0.6 is 27.5 Å². The first-order valence-corrected chi connectivity index (χ1v) is 11.1. The molecule has 3 aromatic carbocycles. The highest BCUT2D eigenvalue weighted by molar-refractivity contribution is 9.10. The molecule has 0 saturated carbocycles. The zero-order chi connectivity index (χ0) is 21.7. The number of hydrazone groups is 1. The number of benzene rings is 3. The molecule has 0 aliphatic heterocycles. The number of hydrogen-bond donors (Lipinski definition) is 3. The van der Waals surface area contributed by atoms with E-state index in [4.69, 9.17) is 11.6 Å². The molecule has 3 rings (SSSR count). The highest BCUT2D eigenvalue weighted by Crippen LogP contribution is 2.24. The molecule has 0 fully saturated rings. The third-order valence-corrected chi connectivity index (χ3v) is 6.07. The predicted octanol–water partition coefficient (Wildman–Crippen LogP) is 4.37. The van der Waals surface area contributed by atoms with Crippen LogP contribution < -0.4 is 10.1 Å². The number of carbonyl (C=O) groups excluding carboxylic acids is 1. The van der Waals surface area contributed by atoms with Crippen molar-refractivity contribution in [1.29, 1.82) is 0 Å². The lowest BCUT2D eigenvalue weighted by Crippen LogP contribution is -2.19. The predicted molar refractivity (Wildman–Crippen MR) is 120 cm³/mol. The van der Waals surface area contributed by atoms with Crippen LogP contribution in [0.4, 0.5) is 5.69 Å². The van der Waals surface area contributed by atoms with Crippen LogP contribution in [0.5, 0.6) is 5.75 Å². The summed E-state index contributed by atoms with van der Waals surface area (Å²) < 4.78 is 28.4. The molecule has 0 spiro atoms. The molecule has 0 saturated heterocycles. The van der Waals surface area contributed by atoms with Gasteiger partial charge in [-0.15, -0.1) is 0 Å². The maximum absolute atomic E-state index is 12.6. The minimum absolute atomic E-state index is 0.00469. The van der Waals surface area contributed by atoms with Gasteiger partial charge in [0.2, 0.25) is 0 Å². The van der Waals surface area contributed by atoms with E-state index in [0.29, 0.717) is 5.56 Å². The molecule has 3 N–H and O–H groups in total. The molecular weight excluding hydrogens is 494 g/mol. The number of halogens is 2. The van der Waals surface area contributed by atoms with E-state index < -0.39 is 15.9 Å². The zero-order valence-electron chi connectivity index (χ0n) is 15.2. The summed E-state index contributed by atoms with van der Waals surface area (Å²) in [6.45, 7) is 0. The number of para-hydroxylation sites is 1. The first-order chi connectivity index (χ1) is 14.3. The van der Waals surface area contributed by atoms with Gasteiger partial charge in [0.15, 0.2) is 0 Å². The second-order valence-corrected chi connectivity index (χ2v) is 9.02. The van der Waals surface area contributed by atoms with Crippen LogP contribution in [0, 0.1) is 0 Å². The van der Waals surface area contributed by atoms with Gasteiger partial charge in [0.05, 0.1) is 21.8 Å². The lowest BCUT2D eigenvalue weighted by Gasteiger charge is -2.10. The molecular formula is C20H15BrClN3O4S. The second-order valence-electron chi connectivity index (χ2n) is 6.02. The maximum atomic E-state index is 12.6. The molecule has 0 aliphatic rings. The minimum atomic E-state index is -3.96. The normalized spacial score (nSPS) is 11.4. The second kappa shape index (κ2) is 9.29. The van der Waals surface area contributed by atoms with Gasteiger partial charge in [0.1, 0.15) is 5.75 Å². The Hall–Kier alpha value is -2.88. The molecule has 0 radical (unpaired) electrons. The van der Waals surface area contributed by atoms with E-state index in [9.17, 15) is 18.3 Å². The third kappa shape index (κ3) is 5.38. The molecule has 3 aromatic rings. The molecule has 1 amide bonds. The number of anilines is 1. The van der Waals surface area contributed by atoms with E-state index in [1.54, 1.807) is 30.3 Å². The van der Waals surface area contributed by atoms with Crippen LogP contribution in [0.2, 0.25) is 5.02 Å². The Morgan fingerprint density at radius 2 is 1.83 bits per heavy atom. The minimum Gasteiger partial charge on any atom is -0.507 e. The van der Waals surface area contributed by atoms with Gasteiger partial charge in [-0.05, 0) is 48.5 Å². The van der Waals surface area contributed by atoms with Crippen LogP contribution in [0.3, 0.4) is 0 Å². The highest BCUT2D eigenvalue weighted by Gasteiger charge is 2.17. The molecule has 10 heteroatoms. The SMILES string of the molecule is O=C(NN=Cc1cc(Br)ccc1O)c1cccc(S(=O)(=O)Nc2ccccc2Cl)c1. The number of rotatable bonds is 6. The Morgan fingerprint density at radius 1 is 1.07 bits per heavy atom. The topological polar surface area (TPSA) is 108 Å². The smallest absolute Gasteiger partial charge is 0.271 e. The Balaban J connectivity index is 1.76. The zero-order valence-corrected chi connectivity index (χ0v) is 18.4. The summed E-state index contributed by atoms with van der Waals surface area (Å²) in [4.78, 5) is 12.2. The van der Waals surface area contributed by atoms with Crippen LogP contribution in [-0.4, -0.2) is 25.6 Å². The van der Waals surface area contributed by atoms with Crippen molar-refractivity contribution in [1.82, 2.24) is 5.43 Å². The van der Waals surface area contributed by atoms with Gasteiger partial charge in [0, 0.05) is 15.6 Å². The van der Waals surface area contributed by atoms with E-state index in [0.717, 1.165) is 4.47 Å². The highest BCUT2D eigenvalue weighted by atomic mass is 79.9. The van der Waals surface area contributed by atoms with Crippen molar-refractivity contribution < 1.29 is 18.3 Å². The van der Waals surface area contributed by atoms with Gasteiger partial charge in [-0.25, -0.2) is 13.8 Å². The summed E-state index contributed by atoms with van der Waals surface area (Å²) in [6.07, 6.45) is 1.28. The summed E-state index contributed by atoms with van der Waals surface area (Å²) in [5.74, 6) is -0.620. The summed E-state index contributed by atoms with van der Waals surface area (Å²) in [7, 11) is -3.96. The van der Waals surface area contributed by atoms with Gasteiger partial charge < -0.3 is 5.11 Å². The number of amides is 1. The average Bonchev–Trinajstić information content (AvgIpc) is 2.72.